The van der Waals surface area contributed by atoms with Crippen molar-refractivity contribution < 1.29 is 19.1 Å². The van der Waals surface area contributed by atoms with Crippen molar-refractivity contribution in [3.63, 3.8) is 0 Å². The summed E-state index contributed by atoms with van der Waals surface area (Å²) in [5.74, 6) is -1.58. The molecule has 4 atom stereocenters. The summed E-state index contributed by atoms with van der Waals surface area (Å²) in [5.41, 5.74) is 1.85. The molecule has 0 spiro atoms. The quantitative estimate of drug-likeness (QED) is 0.684. The number of aliphatic imine (C=N–C) groups is 1. The molecule has 0 saturated heterocycles. The van der Waals surface area contributed by atoms with Gasteiger partial charge in [0.2, 0.25) is 0 Å². The van der Waals surface area contributed by atoms with Gasteiger partial charge in [0, 0.05) is 16.5 Å². The molecular weight excluding hydrogens is 362 g/mol. The molecule has 0 amide bonds. The highest BCUT2D eigenvalue weighted by Crippen LogP contribution is 2.49. The van der Waals surface area contributed by atoms with E-state index in [1.54, 1.807) is 0 Å². The first-order valence-corrected chi connectivity index (χ1v) is 10.1. The lowest BCUT2D eigenvalue weighted by Crippen LogP contribution is -2.58. The number of hydrogen-bond acceptors (Lipinski definition) is 6. The van der Waals surface area contributed by atoms with Crippen molar-refractivity contribution in [3.8, 4) is 0 Å². The van der Waals surface area contributed by atoms with Gasteiger partial charge in [0.15, 0.2) is 0 Å². The van der Waals surface area contributed by atoms with Gasteiger partial charge >= 0.3 is 11.9 Å². The van der Waals surface area contributed by atoms with Crippen LogP contribution in [-0.2, 0) is 19.1 Å². The minimum atomic E-state index is -0.997. The van der Waals surface area contributed by atoms with Gasteiger partial charge in [0.1, 0.15) is 4.75 Å². The fourth-order valence-electron chi connectivity index (χ4n) is 3.66. The minimum absolute atomic E-state index is 0.319. The Morgan fingerprint density at radius 1 is 1.19 bits per heavy atom. The number of benzene rings is 1. The average Bonchev–Trinajstić information content (AvgIpc) is 2.64. The van der Waals surface area contributed by atoms with Crippen LogP contribution < -0.4 is 0 Å². The number of carbonyl (C=O) groups is 2. The summed E-state index contributed by atoms with van der Waals surface area (Å²) in [5, 5.41) is 0. The SMILES string of the molecule is CCCOC(=O)C1(Sc2ccc(C)cc2)C(C)N=C(C)C(C(=O)OC)C1C. The first-order valence-electron chi connectivity index (χ1n) is 9.32. The maximum absolute atomic E-state index is 13.3. The molecule has 1 aliphatic rings. The van der Waals surface area contributed by atoms with Crippen molar-refractivity contribution in [1.82, 2.24) is 0 Å². The van der Waals surface area contributed by atoms with Gasteiger partial charge in [-0.1, -0.05) is 31.5 Å². The van der Waals surface area contributed by atoms with Crippen LogP contribution in [0.4, 0.5) is 0 Å². The fourth-order valence-corrected chi connectivity index (χ4v) is 5.01. The highest BCUT2D eigenvalue weighted by molar-refractivity contribution is 8.01. The smallest absolute Gasteiger partial charge is 0.325 e. The van der Waals surface area contributed by atoms with E-state index >= 15 is 0 Å². The first kappa shape index (κ1) is 21.5. The molecule has 0 N–H and O–H groups in total. The number of nitrogens with zero attached hydrogens (tertiary/aromatic N) is 1. The average molecular weight is 392 g/mol. The van der Waals surface area contributed by atoms with Crippen LogP contribution in [0.3, 0.4) is 0 Å². The summed E-state index contributed by atoms with van der Waals surface area (Å²) < 4.78 is 9.59. The number of rotatable bonds is 6. The zero-order valence-corrected chi connectivity index (χ0v) is 17.8. The molecule has 1 aromatic rings. The second-order valence-electron chi connectivity index (χ2n) is 7.08. The zero-order chi connectivity index (χ0) is 20.2. The van der Waals surface area contributed by atoms with Crippen LogP contribution in [0, 0.1) is 18.8 Å². The van der Waals surface area contributed by atoms with Gasteiger partial charge in [0.25, 0.3) is 0 Å². The maximum atomic E-state index is 13.3. The predicted molar refractivity (Wildman–Crippen MR) is 108 cm³/mol. The second-order valence-corrected chi connectivity index (χ2v) is 8.43. The van der Waals surface area contributed by atoms with Crippen molar-refractivity contribution in [2.24, 2.45) is 16.8 Å². The Balaban J connectivity index is 2.54. The van der Waals surface area contributed by atoms with Crippen molar-refractivity contribution >= 4 is 29.4 Å². The molecule has 1 aromatic carbocycles. The fraction of sp³-hybridized carbons (Fsp3) is 0.571. The van der Waals surface area contributed by atoms with Crippen LogP contribution in [0.25, 0.3) is 0 Å². The van der Waals surface area contributed by atoms with E-state index in [-0.39, 0.29) is 23.9 Å². The third-order valence-corrected chi connectivity index (χ3v) is 6.89. The van der Waals surface area contributed by atoms with E-state index in [2.05, 4.69) is 4.99 Å². The van der Waals surface area contributed by atoms with Crippen LogP contribution >= 0.6 is 11.8 Å². The van der Waals surface area contributed by atoms with Crippen LogP contribution in [0.5, 0.6) is 0 Å². The topological polar surface area (TPSA) is 65.0 Å². The van der Waals surface area contributed by atoms with Crippen LogP contribution in [0.2, 0.25) is 0 Å². The largest absolute Gasteiger partial charge is 0.469 e. The highest BCUT2D eigenvalue weighted by Gasteiger charge is 2.57. The molecule has 1 aliphatic heterocycles. The number of hydrogen-bond donors (Lipinski definition) is 0. The summed E-state index contributed by atoms with van der Waals surface area (Å²) in [6.45, 7) is 9.99. The third-order valence-electron chi connectivity index (χ3n) is 5.16. The Morgan fingerprint density at radius 3 is 2.37 bits per heavy atom. The Kier molecular flexibility index (Phi) is 7.09. The Bertz CT molecular complexity index is 715. The second kappa shape index (κ2) is 8.91. The monoisotopic (exact) mass is 391 g/mol. The van der Waals surface area contributed by atoms with Gasteiger partial charge in [-0.2, -0.15) is 0 Å². The van der Waals surface area contributed by atoms with Crippen LogP contribution in [-0.4, -0.2) is 42.2 Å². The lowest BCUT2D eigenvalue weighted by Gasteiger charge is -2.45. The van der Waals surface area contributed by atoms with Crippen molar-refractivity contribution in [3.05, 3.63) is 29.8 Å². The molecule has 0 saturated carbocycles. The minimum Gasteiger partial charge on any atom is -0.469 e. The van der Waals surface area contributed by atoms with Gasteiger partial charge in [-0.05, 0) is 39.3 Å². The molecule has 5 nitrogen and oxygen atoms in total. The molecule has 2 rings (SSSR count). The predicted octanol–water partition coefficient (Wildman–Crippen LogP) is 4.07. The van der Waals surface area contributed by atoms with Gasteiger partial charge in [-0.25, -0.2) is 0 Å². The highest BCUT2D eigenvalue weighted by atomic mass is 32.2. The standard InChI is InChI=1S/C21H29NO4S/c1-7-12-26-20(24)21(27-17-10-8-13(2)9-11-17)14(3)18(19(23)25-6)15(4)22-16(21)5/h8-11,14,16,18H,7,12H2,1-6H3. The molecule has 0 fully saturated rings. The lowest BCUT2D eigenvalue weighted by atomic mass is 9.74. The summed E-state index contributed by atoms with van der Waals surface area (Å²) in [7, 11) is 1.37. The lowest BCUT2D eigenvalue weighted by molar-refractivity contribution is -0.152. The molecule has 0 aliphatic carbocycles. The number of esters is 2. The molecule has 148 valence electrons. The number of methoxy groups -OCH3 is 1. The molecular formula is C21H29NO4S. The number of aryl methyl sites for hydroxylation is 1. The Labute approximate surface area is 165 Å². The van der Waals surface area contributed by atoms with E-state index in [1.807, 2.05) is 58.9 Å². The van der Waals surface area contributed by atoms with E-state index in [0.717, 1.165) is 16.9 Å². The van der Waals surface area contributed by atoms with E-state index in [0.29, 0.717) is 12.3 Å². The summed E-state index contributed by atoms with van der Waals surface area (Å²) in [6.07, 6.45) is 0.739. The normalized spacial score (nSPS) is 27.6. The van der Waals surface area contributed by atoms with Gasteiger partial charge in [-0.15, -0.1) is 11.8 Å². The number of ether oxygens (including phenoxy) is 2. The zero-order valence-electron chi connectivity index (χ0n) is 16.9. The van der Waals surface area contributed by atoms with Gasteiger partial charge in [-0.3, -0.25) is 14.6 Å². The van der Waals surface area contributed by atoms with Gasteiger partial charge in [0.05, 0.1) is 25.7 Å². The molecule has 1 heterocycles. The number of thioether (sulfide) groups is 1. The third kappa shape index (κ3) is 4.21. The van der Waals surface area contributed by atoms with Crippen LogP contribution in [0.1, 0.15) is 39.7 Å². The van der Waals surface area contributed by atoms with Crippen molar-refractivity contribution in [2.45, 2.75) is 56.7 Å². The summed E-state index contributed by atoms with van der Waals surface area (Å²) >= 11 is 1.44. The van der Waals surface area contributed by atoms with Crippen LogP contribution in [0.15, 0.2) is 34.2 Å². The molecule has 0 radical (unpaired) electrons. The summed E-state index contributed by atoms with van der Waals surface area (Å²) in [4.78, 5) is 31.3. The van der Waals surface area contributed by atoms with E-state index < -0.39 is 10.7 Å². The molecule has 4 unspecified atom stereocenters. The molecule has 0 bridgehead atoms. The molecule has 6 heteroatoms. The van der Waals surface area contributed by atoms with E-state index in [4.69, 9.17) is 9.47 Å². The Morgan fingerprint density at radius 2 is 1.81 bits per heavy atom. The van der Waals surface area contributed by atoms with E-state index in [1.165, 1.54) is 18.9 Å². The maximum Gasteiger partial charge on any atom is 0.325 e. The molecule has 27 heavy (non-hydrogen) atoms. The Hall–Kier alpha value is -1.82. The van der Waals surface area contributed by atoms with Crippen molar-refractivity contribution in [2.75, 3.05) is 13.7 Å². The van der Waals surface area contributed by atoms with E-state index in [9.17, 15) is 9.59 Å². The van der Waals surface area contributed by atoms with Gasteiger partial charge < -0.3 is 9.47 Å². The van der Waals surface area contributed by atoms with Crippen molar-refractivity contribution in [1.29, 1.82) is 0 Å². The summed E-state index contributed by atoms with van der Waals surface area (Å²) in [6, 6.07) is 7.68. The number of carbonyl (C=O) groups excluding carboxylic acids is 2. The molecule has 0 aromatic heterocycles. The first-order chi connectivity index (χ1) is 12.8.